The predicted molar refractivity (Wildman–Crippen MR) is 89.7 cm³/mol. The van der Waals surface area contributed by atoms with Gasteiger partial charge >= 0.3 is 0 Å². The first kappa shape index (κ1) is 16.6. The minimum absolute atomic E-state index is 0.0267. The van der Waals surface area contributed by atoms with E-state index < -0.39 is 0 Å². The Kier molecular flexibility index (Phi) is 4.75. The van der Waals surface area contributed by atoms with Crippen LogP contribution < -0.4 is 5.32 Å². The van der Waals surface area contributed by atoms with Crippen molar-refractivity contribution in [2.45, 2.75) is 19.8 Å². The summed E-state index contributed by atoms with van der Waals surface area (Å²) < 4.78 is 1.45. The molecular weight excluding hydrogens is 320 g/mol. The van der Waals surface area contributed by atoms with Gasteiger partial charge in [-0.05, 0) is 25.0 Å². The molecule has 3 heterocycles. The summed E-state index contributed by atoms with van der Waals surface area (Å²) in [6.45, 7) is 2.67. The molecule has 25 heavy (non-hydrogen) atoms. The van der Waals surface area contributed by atoms with Gasteiger partial charge in [0.15, 0.2) is 11.6 Å². The van der Waals surface area contributed by atoms with E-state index in [1.54, 1.807) is 29.3 Å². The molecule has 1 N–H and O–H groups in total. The number of amides is 2. The summed E-state index contributed by atoms with van der Waals surface area (Å²) in [6.07, 6.45) is 4.23. The van der Waals surface area contributed by atoms with E-state index in [2.05, 4.69) is 15.4 Å². The number of nitrogens with one attached hydrogen (secondary N) is 1. The first-order valence-corrected chi connectivity index (χ1v) is 8.06. The van der Waals surface area contributed by atoms with Crippen LogP contribution >= 0.6 is 0 Å². The molecule has 2 aromatic heterocycles. The molecule has 0 aliphatic carbocycles. The lowest BCUT2D eigenvalue weighted by Gasteiger charge is -2.30. The van der Waals surface area contributed by atoms with E-state index in [-0.39, 0.29) is 23.3 Å². The van der Waals surface area contributed by atoms with Crippen LogP contribution in [0.4, 0.5) is 5.82 Å². The molecule has 8 nitrogen and oxygen atoms in total. The van der Waals surface area contributed by atoms with Gasteiger partial charge in [-0.1, -0.05) is 6.07 Å². The highest BCUT2D eigenvalue weighted by atomic mass is 16.2. The Balaban J connectivity index is 1.77. The van der Waals surface area contributed by atoms with Gasteiger partial charge in [-0.2, -0.15) is 15.0 Å². The lowest BCUT2D eigenvalue weighted by atomic mass is 9.96. The number of carbonyl (C=O) groups excluding carboxylic acids is 2. The van der Waals surface area contributed by atoms with E-state index in [4.69, 9.17) is 0 Å². The lowest BCUT2D eigenvalue weighted by molar-refractivity contribution is -0.132. The van der Waals surface area contributed by atoms with E-state index in [0.29, 0.717) is 37.6 Å². The van der Waals surface area contributed by atoms with Gasteiger partial charge < -0.3 is 10.2 Å². The third kappa shape index (κ3) is 3.50. The molecule has 0 unspecified atom stereocenters. The predicted octanol–water partition coefficient (Wildman–Crippen LogP) is 1.34. The minimum atomic E-state index is -0.200. The van der Waals surface area contributed by atoms with Crippen molar-refractivity contribution in [3.63, 3.8) is 0 Å². The molecule has 8 heteroatoms. The highest BCUT2D eigenvalue weighted by Gasteiger charge is 2.27. The van der Waals surface area contributed by atoms with Crippen molar-refractivity contribution in [2.24, 2.45) is 5.92 Å². The van der Waals surface area contributed by atoms with Crippen molar-refractivity contribution in [3.8, 4) is 11.9 Å². The second-order valence-electron chi connectivity index (χ2n) is 5.89. The number of aromatic nitrogens is 3. The lowest BCUT2D eigenvalue weighted by Crippen LogP contribution is -2.40. The van der Waals surface area contributed by atoms with Gasteiger partial charge in [0.05, 0.1) is 6.20 Å². The molecule has 0 spiro atoms. The molecule has 2 amide bonds. The Morgan fingerprint density at radius 1 is 1.32 bits per heavy atom. The quantitative estimate of drug-likeness (QED) is 0.909. The fourth-order valence-electron chi connectivity index (χ4n) is 2.88. The highest BCUT2D eigenvalue weighted by molar-refractivity contribution is 5.93. The summed E-state index contributed by atoms with van der Waals surface area (Å²) >= 11 is 0. The largest absolute Gasteiger partial charge is 0.343 e. The second kappa shape index (κ2) is 7.13. The number of nitriles is 1. The number of carbonyl (C=O) groups is 2. The van der Waals surface area contributed by atoms with Crippen LogP contribution in [-0.4, -0.2) is 44.6 Å². The molecule has 3 rings (SSSR count). The first-order chi connectivity index (χ1) is 12.1. The van der Waals surface area contributed by atoms with Gasteiger partial charge in [0.1, 0.15) is 11.6 Å². The van der Waals surface area contributed by atoms with Crippen LogP contribution in [0.25, 0.3) is 5.82 Å². The summed E-state index contributed by atoms with van der Waals surface area (Å²) in [5, 5.41) is 16.3. The van der Waals surface area contributed by atoms with Gasteiger partial charge in [0.2, 0.25) is 11.8 Å². The van der Waals surface area contributed by atoms with Crippen LogP contribution in [0.1, 0.15) is 25.3 Å². The number of hydrogen-bond donors (Lipinski definition) is 1. The summed E-state index contributed by atoms with van der Waals surface area (Å²) in [5.41, 5.74) is 0.278. The second-order valence-corrected chi connectivity index (χ2v) is 5.89. The molecule has 0 atom stereocenters. The SMILES string of the molecule is CC(=O)N1CCC(C(=O)Nc2c(C#N)cnn2-c2ccccn2)CC1. The topological polar surface area (TPSA) is 104 Å². The fourth-order valence-corrected chi connectivity index (χ4v) is 2.88. The minimum Gasteiger partial charge on any atom is -0.343 e. The Hall–Kier alpha value is -3.21. The normalized spacial score (nSPS) is 14.8. The molecule has 0 saturated carbocycles. The monoisotopic (exact) mass is 338 g/mol. The summed E-state index contributed by atoms with van der Waals surface area (Å²) in [6, 6.07) is 7.36. The maximum atomic E-state index is 12.6. The molecular formula is C17H18N6O2. The molecule has 0 bridgehead atoms. The molecule has 1 fully saturated rings. The number of rotatable bonds is 3. The third-order valence-electron chi connectivity index (χ3n) is 4.31. The van der Waals surface area contributed by atoms with E-state index in [0.717, 1.165) is 0 Å². The van der Waals surface area contributed by atoms with Gasteiger partial charge in [-0.3, -0.25) is 9.59 Å². The molecule has 1 saturated heterocycles. The van der Waals surface area contributed by atoms with Gasteiger partial charge in [-0.15, -0.1) is 0 Å². The Morgan fingerprint density at radius 3 is 2.68 bits per heavy atom. The van der Waals surface area contributed by atoms with E-state index in [1.165, 1.54) is 17.8 Å². The molecule has 2 aromatic rings. The van der Waals surface area contributed by atoms with Crippen LogP contribution in [0.2, 0.25) is 0 Å². The highest BCUT2D eigenvalue weighted by Crippen LogP contribution is 2.22. The van der Waals surface area contributed by atoms with Crippen molar-refractivity contribution in [1.29, 1.82) is 5.26 Å². The Bertz CT molecular complexity index is 815. The summed E-state index contributed by atoms with van der Waals surface area (Å²) in [7, 11) is 0. The average Bonchev–Trinajstić information content (AvgIpc) is 3.05. The van der Waals surface area contributed by atoms with Crippen LogP contribution in [-0.2, 0) is 9.59 Å². The number of likely N-dealkylation sites (tertiary alicyclic amines) is 1. The van der Waals surface area contributed by atoms with Crippen LogP contribution in [0.15, 0.2) is 30.6 Å². The zero-order valence-electron chi connectivity index (χ0n) is 13.8. The number of nitrogens with zero attached hydrogens (tertiary/aromatic N) is 5. The van der Waals surface area contributed by atoms with Crippen molar-refractivity contribution in [2.75, 3.05) is 18.4 Å². The maximum absolute atomic E-state index is 12.6. The fraction of sp³-hybridized carbons (Fsp3) is 0.353. The standard InChI is InChI=1S/C17H18N6O2/c1-12(24)22-8-5-13(6-9-22)17(25)21-16-14(10-18)11-20-23(16)15-4-2-3-7-19-15/h2-4,7,11,13H,5-6,8-9H2,1H3,(H,21,25). The Morgan fingerprint density at radius 2 is 2.08 bits per heavy atom. The zero-order chi connectivity index (χ0) is 17.8. The zero-order valence-corrected chi connectivity index (χ0v) is 13.8. The maximum Gasteiger partial charge on any atom is 0.228 e. The molecule has 1 aliphatic rings. The molecule has 0 aromatic carbocycles. The van der Waals surface area contributed by atoms with Crippen molar-refractivity contribution >= 4 is 17.6 Å². The smallest absolute Gasteiger partial charge is 0.228 e. The first-order valence-electron chi connectivity index (χ1n) is 8.06. The summed E-state index contributed by atoms with van der Waals surface area (Å²) in [4.78, 5) is 29.9. The van der Waals surface area contributed by atoms with Crippen molar-refractivity contribution < 1.29 is 9.59 Å². The Labute approximate surface area is 145 Å². The van der Waals surface area contributed by atoms with Crippen LogP contribution in [0.5, 0.6) is 0 Å². The molecule has 0 radical (unpaired) electrons. The van der Waals surface area contributed by atoms with Gasteiger partial charge in [0.25, 0.3) is 0 Å². The summed E-state index contributed by atoms with van der Waals surface area (Å²) in [5.74, 6) is 0.497. The average molecular weight is 338 g/mol. The number of anilines is 1. The van der Waals surface area contributed by atoms with Gasteiger partial charge in [-0.25, -0.2) is 4.98 Å². The van der Waals surface area contributed by atoms with Gasteiger partial charge in [0, 0.05) is 32.1 Å². The third-order valence-corrected chi connectivity index (χ3v) is 4.31. The van der Waals surface area contributed by atoms with Crippen molar-refractivity contribution in [3.05, 3.63) is 36.2 Å². The van der Waals surface area contributed by atoms with E-state index in [1.807, 2.05) is 6.07 Å². The molecule has 128 valence electrons. The number of piperidine rings is 1. The van der Waals surface area contributed by atoms with Crippen molar-refractivity contribution in [1.82, 2.24) is 19.7 Å². The van der Waals surface area contributed by atoms with E-state index in [9.17, 15) is 14.9 Å². The number of pyridine rings is 1. The van der Waals surface area contributed by atoms with Crippen LogP contribution in [0, 0.1) is 17.2 Å². The van der Waals surface area contributed by atoms with E-state index >= 15 is 0 Å². The van der Waals surface area contributed by atoms with Crippen LogP contribution in [0.3, 0.4) is 0 Å². The molecule has 1 aliphatic heterocycles. The number of hydrogen-bond acceptors (Lipinski definition) is 5.